The highest BCUT2D eigenvalue weighted by atomic mass is 19.4. The Labute approximate surface area is 102 Å². The number of alkyl halides is 3. The van der Waals surface area contributed by atoms with Crippen LogP contribution in [-0.4, -0.2) is 9.55 Å². The van der Waals surface area contributed by atoms with Crippen LogP contribution >= 0.6 is 0 Å². The number of anilines is 1. The molecule has 0 aliphatic rings. The molecule has 0 fully saturated rings. The second-order valence-electron chi connectivity index (χ2n) is 4.31. The average Bonchev–Trinajstić information content (AvgIpc) is 2.66. The van der Waals surface area contributed by atoms with Crippen molar-refractivity contribution >= 4 is 16.7 Å². The van der Waals surface area contributed by atoms with Gasteiger partial charge >= 0.3 is 6.18 Å². The smallest absolute Gasteiger partial charge is 0.399 e. The van der Waals surface area contributed by atoms with Gasteiger partial charge in [-0.3, -0.25) is 0 Å². The third-order valence-corrected chi connectivity index (χ3v) is 3.00. The maximum Gasteiger partial charge on any atom is 0.449 e. The summed E-state index contributed by atoms with van der Waals surface area (Å²) in [5.74, 6) is -0.863. The van der Waals surface area contributed by atoms with E-state index in [1.807, 2.05) is 6.92 Å². The summed E-state index contributed by atoms with van der Waals surface area (Å²) in [7, 11) is 0. The summed E-state index contributed by atoms with van der Waals surface area (Å²) >= 11 is 0. The van der Waals surface area contributed by atoms with Crippen molar-refractivity contribution in [2.75, 3.05) is 5.73 Å². The van der Waals surface area contributed by atoms with E-state index in [0.717, 1.165) is 0 Å². The van der Waals surface area contributed by atoms with Crippen molar-refractivity contribution in [3.05, 3.63) is 24.0 Å². The van der Waals surface area contributed by atoms with Gasteiger partial charge in [-0.05, 0) is 31.5 Å². The number of hydrogen-bond acceptors (Lipinski definition) is 2. The molecule has 0 radical (unpaired) electrons. The zero-order valence-electron chi connectivity index (χ0n) is 10.1. The average molecular weight is 257 g/mol. The number of benzene rings is 1. The number of halogens is 3. The van der Waals surface area contributed by atoms with Crippen molar-refractivity contribution < 1.29 is 13.2 Å². The Balaban J connectivity index is 2.76. The highest BCUT2D eigenvalue weighted by Crippen LogP contribution is 2.34. The number of imidazole rings is 1. The van der Waals surface area contributed by atoms with Gasteiger partial charge in [-0.1, -0.05) is 6.92 Å². The molecule has 18 heavy (non-hydrogen) atoms. The first-order valence-corrected chi connectivity index (χ1v) is 5.69. The minimum Gasteiger partial charge on any atom is -0.399 e. The molecule has 0 aliphatic carbocycles. The monoisotopic (exact) mass is 257 g/mol. The number of hydrogen-bond donors (Lipinski definition) is 1. The maximum absolute atomic E-state index is 13.0. The van der Waals surface area contributed by atoms with Crippen molar-refractivity contribution in [2.24, 2.45) is 0 Å². The lowest BCUT2D eigenvalue weighted by Crippen LogP contribution is -2.17. The fourth-order valence-electron chi connectivity index (χ4n) is 1.94. The van der Waals surface area contributed by atoms with Crippen LogP contribution in [-0.2, 0) is 6.18 Å². The minimum atomic E-state index is -4.46. The van der Waals surface area contributed by atoms with Gasteiger partial charge in [0, 0.05) is 11.7 Å². The van der Waals surface area contributed by atoms with E-state index in [1.165, 1.54) is 10.6 Å². The summed E-state index contributed by atoms with van der Waals surface area (Å²) in [6.45, 7) is 3.58. The Morgan fingerprint density at radius 1 is 1.39 bits per heavy atom. The first kappa shape index (κ1) is 12.7. The minimum absolute atomic E-state index is 0.268. The molecule has 0 saturated carbocycles. The van der Waals surface area contributed by atoms with Gasteiger partial charge in [-0.15, -0.1) is 0 Å². The Hall–Kier alpha value is -1.72. The zero-order chi connectivity index (χ0) is 13.5. The fourth-order valence-corrected chi connectivity index (χ4v) is 1.94. The second-order valence-corrected chi connectivity index (χ2v) is 4.31. The SMILES string of the molecule is CC[C@H](C)n1c(C(F)(F)F)nc2cc(N)ccc21. The van der Waals surface area contributed by atoms with E-state index in [9.17, 15) is 13.2 Å². The van der Waals surface area contributed by atoms with Gasteiger partial charge in [0.25, 0.3) is 0 Å². The van der Waals surface area contributed by atoms with E-state index in [1.54, 1.807) is 19.1 Å². The molecule has 98 valence electrons. The van der Waals surface area contributed by atoms with Crippen LogP contribution in [0.2, 0.25) is 0 Å². The summed E-state index contributed by atoms with van der Waals surface area (Å²) in [5.41, 5.74) is 6.72. The number of rotatable bonds is 2. The molecule has 0 saturated heterocycles. The zero-order valence-corrected chi connectivity index (χ0v) is 10.1. The third-order valence-electron chi connectivity index (χ3n) is 3.00. The third kappa shape index (κ3) is 2.02. The van der Waals surface area contributed by atoms with E-state index in [4.69, 9.17) is 5.73 Å². The van der Waals surface area contributed by atoms with E-state index in [-0.39, 0.29) is 11.6 Å². The number of nitrogen functional groups attached to an aromatic ring is 1. The van der Waals surface area contributed by atoms with Crippen LogP contribution in [0.15, 0.2) is 18.2 Å². The number of aromatic nitrogens is 2. The van der Waals surface area contributed by atoms with Gasteiger partial charge in [0.05, 0.1) is 11.0 Å². The number of nitrogens with zero attached hydrogens (tertiary/aromatic N) is 2. The van der Waals surface area contributed by atoms with Crippen LogP contribution < -0.4 is 5.73 Å². The van der Waals surface area contributed by atoms with Crippen molar-refractivity contribution in [3.63, 3.8) is 0 Å². The molecule has 1 aromatic heterocycles. The van der Waals surface area contributed by atoms with Crippen LogP contribution in [0.25, 0.3) is 11.0 Å². The van der Waals surface area contributed by atoms with Crippen LogP contribution in [0.3, 0.4) is 0 Å². The molecule has 0 spiro atoms. The summed E-state index contributed by atoms with van der Waals surface area (Å²) in [6.07, 6.45) is -3.86. The normalized spacial score (nSPS) is 14.1. The molecule has 2 N–H and O–H groups in total. The fraction of sp³-hybridized carbons (Fsp3) is 0.417. The Morgan fingerprint density at radius 3 is 2.61 bits per heavy atom. The van der Waals surface area contributed by atoms with Crippen LogP contribution in [0.1, 0.15) is 32.1 Å². The van der Waals surface area contributed by atoms with Gasteiger partial charge in [-0.25, -0.2) is 4.98 Å². The van der Waals surface area contributed by atoms with Crippen molar-refractivity contribution in [1.29, 1.82) is 0 Å². The highest BCUT2D eigenvalue weighted by Gasteiger charge is 2.38. The second kappa shape index (κ2) is 4.19. The van der Waals surface area contributed by atoms with E-state index in [2.05, 4.69) is 4.98 Å². The van der Waals surface area contributed by atoms with E-state index < -0.39 is 12.0 Å². The molecule has 0 aliphatic heterocycles. The van der Waals surface area contributed by atoms with Crippen LogP contribution in [0.5, 0.6) is 0 Å². The Kier molecular flexibility index (Phi) is 2.96. The van der Waals surface area contributed by atoms with E-state index >= 15 is 0 Å². The largest absolute Gasteiger partial charge is 0.449 e. The van der Waals surface area contributed by atoms with Gasteiger partial charge in [0.15, 0.2) is 0 Å². The molecule has 1 heterocycles. The van der Waals surface area contributed by atoms with E-state index in [0.29, 0.717) is 17.6 Å². The number of nitrogens with two attached hydrogens (primary N) is 1. The standard InChI is InChI=1S/C12H14F3N3/c1-3-7(2)18-10-5-4-8(16)6-9(10)17-11(18)12(13,14)15/h4-7H,3,16H2,1-2H3/t7-/m0/s1. The Bertz CT molecular complexity index is 572. The predicted octanol–water partition coefficient (Wildman–Crippen LogP) is 3.61. The molecule has 2 aromatic rings. The lowest BCUT2D eigenvalue weighted by atomic mass is 10.2. The molecule has 3 nitrogen and oxygen atoms in total. The lowest BCUT2D eigenvalue weighted by molar-refractivity contribution is -0.147. The van der Waals surface area contributed by atoms with Crippen molar-refractivity contribution in [1.82, 2.24) is 9.55 Å². The maximum atomic E-state index is 13.0. The quantitative estimate of drug-likeness (QED) is 0.835. The summed E-state index contributed by atoms with van der Waals surface area (Å²) in [4.78, 5) is 3.67. The molecular formula is C12H14F3N3. The van der Waals surface area contributed by atoms with Gasteiger partial charge in [0.2, 0.25) is 5.82 Å². The molecule has 6 heteroatoms. The van der Waals surface area contributed by atoms with Crippen molar-refractivity contribution in [2.45, 2.75) is 32.5 Å². The number of fused-ring (bicyclic) bond motifs is 1. The molecule has 1 aromatic carbocycles. The lowest BCUT2D eigenvalue weighted by Gasteiger charge is -2.17. The molecule has 2 rings (SSSR count). The first-order valence-electron chi connectivity index (χ1n) is 5.69. The molecule has 1 atom stereocenters. The molecule has 0 unspecified atom stereocenters. The Morgan fingerprint density at radius 2 is 2.06 bits per heavy atom. The van der Waals surface area contributed by atoms with Crippen molar-refractivity contribution in [3.8, 4) is 0 Å². The van der Waals surface area contributed by atoms with Gasteiger partial charge in [0.1, 0.15) is 0 Å². The molecule has 0 bridgehead atoms. The summed E-state index contributed by atoms with van der Waals surface area (Å²) < 4.78 is 40.1. The van der Waals surface area contributed by atoms with Gasteiger partial charge < -0.3 is 10.3 Å². The summed E-state index contributed by atoms with van der Waals surface area (Å²) in [5, 5.41) is 0. The predicted molar refractivity (Wildman–Crippen MR) is 64.1 cm³/mol. The molecular weight excluding hydrogens is 243 g/mol. The van der Waals surface area contributed by atoms with Crippen LogP contribution in [0.4, 0.5) is 18.9 Å². The first-order chi connectivity index (χ1) is 8.34. The molecule has 0 amide bonds. The topological polar surface area (TPSA) is 43.8 Å². The summed E-state index contributed by atoms with van der Waals surface area (Å²) in [6, 6.07) is 4.36. The van der Waals surface area contributed by atoms with Crippen LogP contribution in [0, 0.1) is 0 Å². The van der Waals surface area contributed by atoms with Gasteiger partial charge in [-0.2, -0.15) is 13.2 Å². The highest BCUT2D eigenvalue weighted by molar-refractivity contribution is 5.80.